The normalized spacial score (nSPS) is 18.3. The largest absolute Gasteiger partial charge is 0.392 e. The first-order valence-electron chi connectivity index (χ1n) is 16.8. The molecule has 0 bridgehead atoms. The van der Waals surface area contributed by atoms with Crippen molar-refractivity contribution in [2.45, 2.75) is 45.4 Å². The zero-order valence-corrected chi connectivity index (χ0v) is 28.0. The number of aromatic nitrogens is 5. The molecular formula is C37H40N8O4. The van der Waals surface area contributed by atoms with Crippen molar-refractivity contribution in [2.75, 3.05) is 43.1 Å². The van der Waals surface area contributed by atoms with Gasteiger partial charge in [0.2, 0.25) is 0 Å². The van der Waals surface area contributed by atoms with Gasteiger partial charge in [0.05, 0.1) is 37.7 Å². The Balaban J connectivity index is 1.08. The first-order valence-corrected chi connectivity index (χ1v) is 16.8. The van der Waals surface area contributed by atoms with E-state index in [-0.39, 0.29) is 17.7 Å². The molecule has 12 heteroatoms. The van der Waals surface area contributed by atoms with Crippen LogP contribution in [0.5, 0.6) is 0 Å². The SMILES string of the molecule is CC1=Cc2cc3c(=O)n(-c4nccc(-c5cc(Nc6ccc(N7CCN(C8COC8)C[C@@H]7C)cn6)c(=O)n(C)c5)c4CO)ccn3c2CC1. The van der Waals surface area contributed by atoms with Gasteiger partial charge in [0.1, 0.15) is 22.8 Å². The Morgan fingerprint density at radius 1 is 1.04 bits per heavy atom. The molecular weight excluding hydrogens is 620 g/mol. The molecule has 2 saturated heterocycles. The first kappa shape index (κ1) is 31.2. The van der Waals surface area contributed by atoms with Gasteiger partial charge in [-0.05, 0) is 68.1 Å². The van der Waals surface area contributed by atoms with Gasteiger partial charge in [-0.2, -0.15) is 0 Å². The van der Waals surface area contributed by atoms with E-state index < -0.39 is 0 Å². The molecule has 0 aromatic carbocycles. The lowest BCUT2D eigenvalue weighted by Crippen LogP contribution is -2.59. The van der Waals surface area contributed by atoms with E-state index in [1.165, 1.54) is 14.7 Å². The molecule has 7 heterocycles. The standard InChI is InChI=1S/C37H40N8O4/c1-23-4-6-32-25(14-23)16-33-37(48)45(13-12-44(32)33)35-30(20-46)29(8-9-38-35)26-15-31(36(47)41(3)19-26)40-34-7-5-27(17-39-34)43-11-10-42(18-24(43)2)28-21-49-22-28/h5,7-9,12-17,19,24,28,46H,4,6,10-11,18,20-22H2,1-3H3,(H,39,40)/t24-/m0/s1. The molecule has 1 aliphatic carbocycles. The van der Waals surface area contributed by atoms with E-state index in [9.17, 15) is 14.7 Å². The van der Waals surface area contributed by atoms with Gasteiger partial charge in [0.15, 0.2) is 0 Å². The predicted octanol–water partition coefficient (Wildman–Crippen LogP) is 3.74. The van der Waals surface area contributed by atoms with E-state index in [1.54, 1.807) is 37.8 Å². The summed E-state index contributed by atoms with van der Waals surface area (Å²) in [6.45, 7) is 8.52. The summed E-state index contributed by atoms with van der Waals surface area (Å²) in [4.78, 5) is 41.2. The highest BCUT2D eigenvalue weighted by Gasteiger charge is 2.32. The molecule has 0 radical (unpaired) electrons. The molecule has 3 aliphatic rings. The van der Waals surface area contributed by atoms with E-state index >= 15 is 0 Å². The molecule has 0 saturated carbocycles. The Hall–Kier alpha value is -5.04. The molecule has 5 aromatic rings. The fourth-order valence-corrected chi connectivity index (χ4v) is 7.42. The Kier molecular flexibility index (Phi) is 7.93. The summed E-state index contributed by atoms with van der Waals surface area (Å²) in [5.41, 5.74) is 6.80. The minimum atomic E-state index is -0.356. The Morgan fingerprint density at radius 2 is 1.90 bits per heavy atom. The van der Waals surface area contributed by atoms with Crippen molar-refractivity contribution in [3.8, 4) is 16.9 Å². The number of allylic oxidation sites excluding steroid dienone is 1. The van der Waals surface area contributed by atoms with Crippen molar-refractivity contribution in [2.24, 2.45) is 7.05 Å². The van der Waals surface area contributed by atoms with Crippen LogP contribution in [-0.4, -0.2) is 78.4 Å². The van der Waals surface area contributed by atoms with Crippen molar-refractivity contribution in [3.05, 3.63) is 104 Å². The maximum absolute atomic E-state index is 13.8. The smallest absolute Gasteiger partial charge is 0.280 e. The van der Waals surface area contributed by atoms with Gasteiger partial charge in [0.25, 0.3) is 11.1 Å². The molecule has 5 aromatic heterocycles. The summed E-state index contributed by atoms with van der Waals surface area (Å²) in [5, 5.41) is 13.9. The monoisotopic (exact) mass is 660 g/mol. The van der Waals surface area contributed by atoms with Gasteiger partial charge in [-0.25, -0.2) is 9.97 Å². The van der Waals surface area contributed by atoms with E-state index in [1.807, 2.05) is 35.0 Å². The van der Waals surface area contributed by atoms with Crippen LogP contribution >= 0.6 is 0 Å². The average molecular weight is 661 g/mol. The molecule has 0 unspecified atom stereocenters. The molecule has 2 fully saturated rings. The fourth-order valence-electron chi connectivity index (χ4n) is 7.42. The minimum Gasteiger partial charge on any atom is -0.392 e. The lowest BCUT2D eigenvalue weighted by Gasteiger charge is -2.46. The highest BCUT2D eigenvalue weighted by Crippen LogP contribution is 2.30. The third kappa shape index (κ3) is 5.55. The summed E-state index contributed by atoms with van der Waals surface area (Å²) in [7, 11) is 1.69. The van der Waals surface area contributed by atoms with Crippen molar-refractivity contribution < 1.29 is 9.84 Å². The van der Waals surface area contributed by atoms with Crippen LogP contribution in [0.2, 0.25) is 0 Å². The molecule has 8 rings (SSSR count). The topological polar surface area (TPSA) is 122 Å². The van der Waals surface area contributed by atoms with E-state index in [0.717, 1.165) is 62.6 Å². The number of aliphatic hydroxyl groups is 1. The lowest BCUT2D eigenvalue weighted by molar-refractivity contribution is -0.0691. The Labute approximate surface area is 283 Å². The average Bonchev–Trinajstić information content (AvgIpc) is 3.45. The van der Waals surface area contributed by atoms with Crippen LogP contribution in [0.4, 0.5) is 17.2 Å². The van der Waals surface area contributed by atoms with Crippen LogP contribution in [0.1, 0.15) is 37.1 Å². The van der Waals surface area contributed by atoms with Crippen molar-refractivity contribution in [1.29, 1.82) is 0 Å². The number of aryl methyl sites for hydroxylation is 2. The highest BCUT2D eigenvalue weighted by atomic mass is 16.5. The Morgan fingerprint density at radius 3 is 2.63 bits per heavy atom. The number of pyridine rings is 3. The minimum absolute atomic E-state index is 0.219. The van der Waals surface area contributed by atoms with Gasteiger partial charge in [-0.15, -0.1) is 0 Å². The number of fused-ring (bicyclic) bond motifs is 3. The van der Waals surface area contributed by atoms with Crippen molar-refractivity contribution in [1.82, 2.24) is 28.4 Å². The third-order valence-corrected chi connectivity index (χ3v) is 10.2. The molecule has 0 amide bonds. The molecule has 2 N–H and O–H groups in total. The quantitative estimate of drug-likeness (QED) is 0.269. The van der Waals surface area contributed by atoms with Crippen LogP contribution < -0.4 is 21.3 Å². The Bertz CT molecular complexity index is 2210. The number of aliphatic hydroxyl groups excluding tert-OH is 1. The van der Waals surface area contributed by atoms with Crippen LogP contribution in [0.3, 0.4) is 0 Å². The first-order chi connectivity index (χ1) is 23.8. The molecule has 2 aliphatic heterocycles. The second-order valence-corrected chi connectivity index (χ2v) is 13.4. The number of piperazine rings is 1. The summed E-state index contributed by atoms with van der Waals surface area (Å²) < 4.78 is 10.3. The van der Waals surface area contributed by atoms with Gasteiger partial charge in [0, 0.05) is 74.3 Å². The number of ether oxygens (including phenoxy) is 1. The van der Waals surface area contributed by atoms with E-state index in [0.29, 0.717) is 51.6 Å². The summed E-state index contributed by atoms with van der Waals surface area (Å²) in [6.07, 6.45) is 12.8. The maximum Gasteiger partial charge on any atom is 0.280 e. The number of hydrogen-bond acceptors (Lipinski definition) is 9. The van der Waals surface area contributed by atoms with Gasteiger partial charge in [-0.3, -0.25) is 19.1 Å². The van der Waals surface area contributed by atoms with Crippen molar-refractivity contribution >= 4 is 28.8 Å². The van der Waals surface area contributed by atoms with Crippen molar-refractivity contribution in [3.63, 3.8) is 0 Å². The highest BCUT2D eigenvalue weighted by molar-refractivity contribution is 5.74. The number of rotatable bonds is 7. The molecule has 49 heavy (non-hydrogen) atoms. The third-order valence-electron chi connectivity index (χ3n) is 10.2. The van der Waals surface area contributed by atoms with Crippen LogP contribution in [0.15, 0.2) is 76.5 Å². The summed E-state index contributed by atoms with van der Waals surface area (Å²) >= 11 is 0. The number of nitrogens with one attached hydrogen (secondary N) is 1. The molecule has 0 spiro atoms. The predicted molar refractivity (Wildman–Crippen MR) is 190 cm³/mol. The maximum atomic E-state index is 13.8. The zero-order chi connectivity index (χ0) is 33.8. The van der Waals surface area contributed by atoms with Gasteiger partial charge < -0.3 is 29.0 Å². The second-order valence-electron chi connectivity index (χ2n) is 13.4. The molecule has 12 nitrogen and oxygen atoms in total. The van der Waals surface area contributed by atoms with Crippen LogP contribution in [0, 0.1) is 0 Å². The number of hydrogen-bond donors (Lipinski definition) is 2. The fraction of sp³-hybridized carbons (Fsp3) is 0.351. The van der Waals surface area contributed by atoms with Crippen LogP contribution in [0.25, 0.3) is 28.5 Å². The van der Waals surface area contributed by atoms with Gasteiger partial charge in [-0.1, -0.05) is 11.6 Å². The second kappa shape index (κ2) is 12.4. The number of anilines is 3. The van der Waals surface area contributed by atoms with Crippen LogP contribution in [-0.2, 0) is 24.8 Å². The molecule has 252 valence electrons. The summed E-state index contributed by atoms with van der Waals surface area (Å²) in [6, 6.07) is 10.3. The zero-order valence-electron chi connectivity index (χ0n) is 28.0. The van der Waals surface area contributed by atoms with E-state index in [4.69, 9.17) is 4.74 Å². The van der Waals surface area contributed by atoms with E-state index in [2.05, 4.69) is 45.0 Å². The molecule has 1 atom stereocenters. The lowest BCUT2D eigenvalue weighted by atomic mass is 9.99. The van der Waals surface area contributed by atoms with Gasteiger partial charge >= 0.3 is 0 Å². The summed E-state index contributed by atoms with van der Waals surface area (Å²) in [5.74, 6) is 0.892. The number of nitrogens with zero attached hydrogens (tertiary/aromatic N) is 7.